The molecular formula is C18H22N2O. The Hall–Kier alpha value is -2.13. The molecular weight excluding hydrogens is 260 g/mol. The van der Waals surface area contributed by atoms with E-state index in [1.54, 1.807) is 0 Å². The summed E-state index contributed by atoms with van der Waals surface area (Å²) in [5.74, 6) is 0.0551. The summed E-state index contributed by atoms with van der Waals surface area (Å²) >= 11 is 0. The van der Waals surface area contributed by atoms with Gasteiger partial charge in [0.2, 0.25) is 5.91 Å². The summed E-state index contributed by atoms with van der Waals surface area (Å²) in [6.07, 6.45) is 2.32. The van der Waals surface area contributed by atoms with Gasteiger partial charge in [0.05, 0.1) is 0 Å². The molecule has 0 saturated carbocycles. The molecule has 0 spiro atoms. The highest BCUT2D eigenvalue weighted by Gasteiger charge is 2.04. The summed E-state index contributed by atoms with van der Waals surface area (Å²) in [5.41, 5.74) is 8.96. The minimum absolute atomic E-state index is 0.0145. The van der Waals surface area contributed by atoms with Crippen molar-refractivity contribution in [1.29, 1.82) is 0 Å². The fourth-order valence-corrected chi connectivity index (χ4v) is 2.19. The zero-order chi connectivity index (χ0) is 15.1. The van der Waals surface area contributed by atoms with Gasteiger partial charge in [-0.05, 0) is 43.0 Å². The first-order valence-electron chi connectivity index (χ1n) is 7.34. The van der Waals surface area contributed by atoms with Crippen LogP contribution in [0.2, 0.25) is 0 Å². The van der Waals surface area contributed by atoms with Crippen molar-refractivity contribution in [3.63, 3.8) is 0 Å². The molecule has 3 heteroatoms. The second kappa shape index (κ2) is 7.60. The molecule has 0 heterocycles. The van der Waals surface area contributed by atoms with Gasteiger partial charge < -0.3 is 11.1 Å². The molecule has 1 unspecified atom stereocenters. The van der Waals surface area contributed by atoms with Crippen molar-refractivity contribution in [2.45, 2.75) is 32.2 Å². The molecule has 0 aromatic heterocycles. The van der Waals surface area contributed by atoms with Crippen molar-refractivity contribution in [2.24, 2.45) is 5.73 Å². The normalized spacial score (nSPS) is 11.9. The minimum Gasteiger partial charge on any atom is -0.326 e. The lowest BCUT2D eigenvalue weighted by atomic mass is 10.1. The van der Waals surface area contributed by atoms with Crippen LogP contribution in [0.1, 0.15) is 36.9 Å². The number of hydrogen-bond donors (Lipinski definition) is 2. The molecule has 1 atom stereocenters. The molecule has 3 N–H and O–H groups in total. The molecule has 0 aliphatic carbocycles. The van der Waals surface area contributed by atoms with Crippen LogP contribution in [-0.2, 0) is 11.2 Å². The predicted octanol–water partition coefficient (Wildman–Crippen LogP) is 3.67. The van der Waals surface area contributed by atoms with Crippen molar-refractivity contribution in [3.05, 3.63) is 65.7 Å². The average molecular weight is 282 g/mol. The molecule has 0 aliphatic rings. The largest absolute Gasteiger partial charge is 0.326 e. The third kappa shape index (κ3) is 5.04. The molecule has 21 heavy (non-hydrogen) atoms. The van der Waals surface area contributed by atoms with E-state index in [1.807, 2.05) is 49.4 Å². The lowest BCUT2D eigenvalue weighted by Gasteiger charge is -2.08. The van der Waals surface area contributed by atoms with Crippen LogP contribution < -0.4 is 11.1 Å². The highest BCUT2D eigenvalue weighted by Crippen LogP contribution is 2.14. The van der Waals surface area contributed by atoms with E-state index in [2.05, 4.69) is 17.4 Å². The molecule has 0 radical (unpaired) electrons. The zero-order valence-corrected chi connectivity index (χ0v) is 12.4. The Morgan fingerprint density at radius 1 is 1.10 bits per heavy atom. The van der Waals surface area contributed by atoms with Gasteiger partial charge in [-0.2, -0.15) is 0 Å². The van der Waals surface area contributed by atoms with Crippen LogP contribution in [0.5, 0.6) is 0 Å². The van der Waals surface area contributed by atoms with Crippen LogP contribution in [0, 0.1) is 0 Å². The van der Waals surface area contributed by atoms with Crippen LogP contribution in [0.3, 0.4) is 0 Å². The molecule has 2 aromatic rings. The summed E-state index contributed by atoms with van der Waals surface area (Å²) < 4.78 is 0. The molecule has 1 amide bonds. The maximum absolute atomic E-state index is 11.9. The van der Waals surface area contributed by atoms with Gasteiger partial charge >= 0.3 is 0 Å². The molecule has 110 valence electrons. The van der Waals surface area contributed by atoms with E-state index in [0.29, 0.717) is 6.42 Å². The molecule has 0 saturated heterocycles. The molecule has 0 fully saturated rings. The number of amides is 1. The Labute approximate surface area is 126 Å². The number of anilines is 1. The van der Waals surface area contributed by atoms with Gasteiger partial charge in [-0.25, -0.2) is 0 Å². The predicted molar refractivity (Wildman–Crippen MR) is 87.1 cm³/mol. The van der Waals surface area contributed by atoms with E-state index in [9.17, 15) is 4.79 Å². The first-order valence-corrected chi connectivity index (χ1v) is 7.34. The summed E-state index contributed by atoms with van der Waals surface area (Å²) in [6.45, 7) is 1.94. The van der Waals surface area contributed by atoms with E-state index in [-0.39, 0.29) is 11.9 Å². The molecule has 0 aliphatic heterocycles. The number of carbonyl (C=O) groups excluding carboxylic acids is 1. The van der Waals surface area contributed by atoms with Crippen molar-refractivity contribution >= 4 is 11.6 Å². The summed E-state index contributed by atoms with van der Waals surface area (Å²) in [5, 5.41) is 2.91. The standard InChI is InChI=1S/C18H22N2O/c1-14(19)16-10-12-17(13-11-16)20-18(21)9-5-8-15-6-3-2-4-7-15/h2-4,6-7,10-14H,5,8-9,19H2,1H3,(H,20,21). The lowest BCUT2D eigenvalue weighted by Crippen LogP contribution is -2.12. The molecule has 2 aromatic carbocycles. The van der Waals surface area contributed by atoms with Crippen molar-refractivity contribution in [1.82, 2.24) is 0 Å². The minimum atomic E-state index is 0.0145. The van der Waals surface area contributed by atoms with Crippen LogP contribution >= 0.6 is 0 Å². The Balaban J connectivity index is 1.76. The molecule has 0 bridgehead atoms. The van der Waals surface area contributed by atoms with Crippen LogP contribution in [0.15, 0.2) is 54.6 Å². The van der Waals surface area contributed by atoms with Crippen molar-refractivity contribution < 1.29 is 4.79 Å². The van der Waals surface area contributed by atoms with Gasteiger partial charge in [-0.15, -0.1) is 0 Å². The van der Waals surface area contributed by atoms with E-state index >= 15 is 0 Å². The first-order chi connectivity index (χ1) is 10.1. The number of nitrogens with two attached hydrogens (primary N) is 1. The van der Waals surface area contributed by atoms with Gasteiger partial charge in [-0.3, -0.25) is 4.79 Å². The molecule has 2 rings (SSSR count). The number of nitrogens with one attached hydrogen (secondary N) is 1. The van der Waals surface area contributed by atoms with Gasteiger partial charge in [0.25, 0.3) is 0 Å². The first kappa shape index (κ1) is 15.3. The topological polar surface area (TPSA) is 55.1 Å². The van der Waals surface area contributed by atoms with Gasteiger partial charge in [0.15, 0.2) is 0 Å². The van der Waals surface area contributed by atoms with Crippen LogP contribution in [0.25, 0.3) is 0 Å². The maximum atomic E-state index is 11.9. The SMILES string of the molecule is CC(N)c1ccc(NC(=O)CCCc2ccccc2)cc1. The number of rotatable bonds is 6. The van der Waals surface area contributed by atoms with Gasteiger partial charge in [0.1, 0.15) is 0 Å². The summed E-state index contributed by atoms with van der Waals surface area (Å²) in [4.78, 5) is 11.9. The number of hydrogen-bond acceptors (Lipinski definition) is 2. The Bertz CT molecular complexity index is 562. The summed E-state index contributed by atoms with van der Waals surface area (Å²) in [7, 11) is 0. The van der Waals surface area contributed by atoms with Crippen LogP contribution in [0.4, 0.5) is 5.69 Å². The Morgan fingerprint density at radius 3 is 2.38 bits per heavy atom. The number of benzene rings is 2. The monoisotopic (exact) mass is 282 g/mol. The maximum Gasteiger partial charge on any atom is 0.224 e. The fourth-order valence-electron chi connectivity index (χ4n) is 2.19. The Kier molecular flexibility index (Phi) is 5.52. The quantitative estimate of drug-likeness (QED) is 0.849. The van der Waals surface area contributed by atoms with E-state index in [4.69, 9.17) is 5.73 Å². The van der Waals surface area contributed by atoms with Gasteiger partial charge in [-0.1, -0.05) is 42.5 Å². The smallest absolute Gasteiger partial charge is 0.224 e. The number of carbonyl (C=O) groups is 1. The third-order valence-electron chi connectivity index (χ3n) is 3.43. The zero-order valence-electron chi connectivity index (χ0n) is 12.4. The number of aryl methyl sites for hydroxylation is 1. The second-order valence-electron chi connectivity index (χ2n) is 5.30. The van der Waals surface area contributed by atoms with Crippen molar-refractivity contribution in [2.75, 3.05) is 5.32 Å². The van der Waals surface area contributed by atoms with Gasteiger partial charge in [0, 0.05) is 18.2 Å². The fraction of sp³-hybridized carbons (Fsp3) is 0.278. The highest BCUT2D eigenvalue weighted by atomic mass is 16.1. The third-order valence-corrected chi connectivity index (χ3v) is 3.43. The second-order valence-corrected chi connectivity index (χ2v) is 5.30. The van der Waals surface area contributed by atoms with Crippen molar-refractivity contribution in [3.8, 4) is 0 Å². The Morgan fingerprint density at radius 2 is 1.76 bits per heavy atom. The highest BCUT2D eigenvalue weighted by molar-refractivity contribution is 5.90. The summed E-state index contributed by atoms with van der Waals surface area (Å²) in [6, 6.07) is 17.9. The molecule has 3 nitrogen and oxygen atoms in total. The van der Waals surface area contributed by atoms with Crippen LogP contribution in [-0.4, -0.2) is 5.91 Å². The van der Waals surface area contributed by atoms with E-state index < -0.39 is 0 Å². The lowest BCUT2D eigenvalue weighted by molar-refractivity contribution is -0.116. The average Bonchev–Trinajstić information content (AvgIpc) is 2.49. The van der Waals surface area contributed by atoms with E-state index in [0.717, 1.165) is 24.1 Å². The van der Waals surface area contributed by atoms with E-state index in [1.165, 1.54) is 5.56 Å².